The van der Waals surface area contributed by atoms with Crippen molar-refractivity contribution >= 4 is 11.8 Å². The lowest BCUT2D eigenvalue weighted by molar-refractivity contribution is 0.682. The van der Waals surface area contributed by atoms with Crippen molar-refractivity contribution in [2.45, 2.75) is 50.4 Å². The fourth-order valence-electron chi connectivity index (χ4n) is 2.27. The van der Waals surface area contributed by atoms with Crippen LogP contribution >= 0.6 is 11.8 Å². The normalized spacial score (nSPS) is 14.2. The third-order valence-electron chi connectivity index (χ3n) is 3.72. The maximum absolute atomic E-state index is 9.31. The molecule has 2 heterocycles. The lowest BCUT2D eigenvalue weighted by atomic mass is 10.1. The number of nitriles is 1. The van der Waals surface area contributed by atoms with Gasteiger partial charge in [-0.1, -0.05) is 11.8 Å². The Morgan fingerprint density at radius 3 is 2.62 bits per heavy atom. The van der Waals surface area contributed by atoms with E-state index in [4.69, 9.17) is 0 Å². The standard InChI is InChI=1S/C14H16N6S/c1-8-9(2)16-19-14(12(8)6-15)21-7-13-18-17-10(3)20(13)11-4-5-11/h11H,4-5,7H2,1-3H3. The van der Waals surface area contributed by atoms with Gasteiger partial charge in [0.15, 0.2) is 0 Å². The van der Waals surface area contributed by atoms with E-state index in [-0.39, 0.29) is 0 Å². The molecule has 0 unspecified atom stereocenters. The molecule has 0 saturated heterocycles. The van der Waals surface area contributed by atoms with Gasteiger partial charge in [-0.05, 0) is 39.2 Å². The average molecular weight is 300 g/mol. The van der Waals surface area contributed by atoms with Crippen LogP contribution in [0.3, 0.4) is 0 Å². The summed E-state index contributed by atoms with van der Waals surface area (Å²) in [4.78, 5) is 0. The highest BCUT2D eigenvalue weighted by Crippen LogP contribution is 2.37. The fraction of sp³-hybridized carbons (Fsp3) is 0.500. The minimum atomic E-state index is 0.553. The highest BCUT2D eigenvalue weighted by Gasteiger charge is 2.28. The molecule has 1 aliphatic carbocycles. The van der Waals surface area contributed by atoms with E-state index >= 15 is 0 Å². The molecule has 0 spiro atoms. The van der Waals surface area contributed by atoms with Crippen LogP contribution in [0.15, 0.2) is 5.03 Å². The molecular formula is C14H16N6S. The summed E-state index contributed by atoms with van der Waals surface area (Å²) >= 11 is 1.50. The van der Waals surface area contributed by atoms with E-state index < -0.39 is 0 Å². The summed E-state index contributed by atoms with van der Waals surface area (Å²) < 4.78 is 2.20. The van der Waals surface area contributed by atoms with Crippen LogP contribution in [0, 0.1) is 32.1 Å². The predicted octanol–water partition coefficient (Wildman–Crippen LogP) is 2.49. The van der Waals surface area contributed by atoms with Crippen LogP contribution in [-0.2, 0) is 5.75 Å². The Labute approximate surface area is 127 Å². The molecule has 0 bridgehead atoms. The Morgan fingerprint density at radius 1 is 1.19 bits per heavy atom. The predicted molar refractivity (Wildman–Crippen MR) is 78.8 cm³/mol. The van der Waals surface area contributed by atoms with E-state index in [1.807, 2.05) is 20.8 Å². The Morgan fingerprint density at radius 2 is 1.95 bits per heavy atom. The Hall–Kier alpha value is -1.94. The van der Waals surface area contributed by atoms with E-state index in [1.54, 1.807) is 0 Å². The summed E-state index contributed by atoms with van der Waals surface area (Å²) in [5, 5.41) is 26.7. The third-order valence-corrected chi connectivity index (χ3v) is 4.68. The molecule has 1 aliphatic rings. The third kappa shape index (κ3) is 2.63. The second kappa shape index (κ2) is 5.45. The highest BCUT2D eigenvalue weighted by molar-refractivity contribution is 7.98. The number of thioether (sulfide) groups is 1. The summed E-state index contributed by atoms with van der Waals surface area (Å²) in [5.41, 5.74) is 2.31. The molecule has 3 rings (SSSR count). The number of hydrogen-bond acceptors (Lipinski definition) is 6. The van der Waals surface area contributed by atoms with E-state index in [2.05, 4.69) is 31.0 Å². The molecular weight excluding hydrogens is 284 g/mol. The fourth-order valence-corrected chi connectivity index (χ4v) is 3.18. The van der Waals surface area contributed by atoms with E-state index in [1.165, 1.54) is 24.6 Å². The van der Waals surface area contributed by atoms with Crippen molar-refractivity contribution in [2.24, 2.45) is 0 Å². The lowest BCUT2D eigenvalue weighted by Crippen LogP contribution is -2.03. The average Bonchev–Trinajstić information content (AvgIpc) is 3.24. The smallest absolute Gasteiger partial charge is 0.143 e. The monoisotopic (exact) mass is 300 g/mol. The Balaban J connectivity index is 1.83. The van der Waals surface area contributed by atoms with Crippen LogP contribution in [-0.4, -0.2) is 25.0 Å². The van der Waals surface area contributed by atoms with Crippen molar-refractivity contribution in [1.82, 2.24) is 25.0 Å². The molecule has 0 atom stereocenters. The largest absolute Gasteiger partial charge is 0.311 e. The van der Waals surface area contributed by atoms with Gasteiger partial charge in [0.1, 0.15) is 22.7 Å². The first kappa shape index (κ1) is 14.0. The molecule has 0 aliphatic heterocycles. The molecule has 1 saturated carbocycles. The molecule has 0 aromatic carbocycles. The molecule has 6 nitrogen and oxygen atoms in total. The molecule has 1 fully saturated rings. The van der Waals surface area contributed by atoms with Gasteiger partial charge in [0, 0.05) is 6.04 Å². The molecule has 21 heavy (non-hydrogen) atoms. The van der Waals surface area contributed by atoms with Crippen LogP contribution in [0.4, 0.5) is 0 Å². The summed E-state index contributed by atoms with van der Waals surface area (Å²) in [7, 11) is 0. The quantitative estimate of drug-likeness (QED) is 0.807. The van der Waals surface area contributed by atoms with Crippen LogP contribution in [0.1, 0.15) is 47.4 Å². The van der Waals surface area contributed by atoms with Gasteiger partial charge in [0.25, 0.3) is 0 Å². The number of aryl methyl sites for hydroxylation is 2. The number of hydrogen-bond donors (Lipinski definition) is 0. The number of aromatic nitrogens is 5. The first-order valence-electron chi connectivity index (χ1n) is 6.89. The molecule has 0 amide bonds. The van der Waals surface area contributed by atoms with Crippen molar-refractivity contribution in [3.05, 3.63) is 28.5 Å². The highest BCUT2D eigenvalue weighted by atomic mass is 32.2. The molecule has 0 radical (unpaired) electrons. The van der Waals surface area contributed by atoms with Crippen molar-refractivity contribution in [2.75, 3.05) is 0 Å². The summed E-state index contributed by atoms with van der Waals surface area (Å²) in [6.45, 7) is 5.75. The SMILES string of the molecule is Cc1nnc(SCc2nnc(C)n2C2CC2)c(C#N)c1C. The van der Waals surface area contributed by atoms with Gasteiger partial charge in [-0.3, -0.25) is 0 Å². The summed E-state index contributed by atoms with van der Waals surface area (Å²) in [6, 6.07) is 2.78. The van der Waals surface area contributed by atoms with E-state index in [0.717, 1.165) is 22.9 Å². The maximum Gasteiger partial charge on any atom is 0.143 e. The minimum absolute atomic E-state index is 0.553. The summed E-state index contributed by atoms with van der Waals surface area (Å²) in [5.74, 6) is 2.56. The van der Waals surface area contributed by atoms with Crippen molar-refractivity contribution in [3.63, 3.8) is 0 Å². The first-order valence-corrected chi connectivity index (χ1v) is 7.87. The first-order chi connectivity index (χ1) is 10.1. The van der Waals surface area contributed by atoms with E-state index in [9.17, 15) is 5.26 Å². The number of rotatable bonds is 4. The zero-order valence-corrected chi connectivity index (χ0v) is 13.1. The van der Waals surface area contributed by atoms with Crippen LogP contribution in [0.25, 0.3) is 0 Å². The Bertz CT molecular complexity index is 726. The van der Waals surface area contributed by atoms with Gasteiger partial charge < -0.3 is 4.57 Å². The zero-order valence-electron chi connectivity index (χ0n) is 12.3. The molecule has 7 heteroatoms. The zero-order chi connectivity index (χ0) is 15.0. The van der Waals surface area contributed by atoms with Gasteiger partial charge in [-0.15, -0.1) is 15.3 Å². The molecule has 0 N–H and O–H groups in total. The van der Waals surface area contributed by atoms with Crippen molar-refractivity contribution in [3.8, 4) is 6.07 Å². The topological polar surface area (TPSA) is 80.3 Å². The van der Waals surface area contributed by atoms with Gasteiger partial charge in [0.2, 0.25) is 0 Å². The van der Waals surface area contributed by atoms with Crippen molar-refractivity contribution < 1.29 is 0 Å². The van der Waals surface area contributed by atoms with E-state index in [0.29, 0.717) is 22.4 Å². The van der Waals surface area contributed by atoms with Crippen LogP contribution in [0.5, 0.6) is 0 Å². The number of nitrogens with zero attached hydrogens (tertiary/aromatic N) is 6. The Kier molecular flexibility index (Phi) is 3.64. The maximum atomic E-state index is 9.31. The van der Waals surface area contributed by atoms with Gasteiger partial charge in [-0.25, -0.2) is 0 Å². The molecule has 108 valence electrons. The van der Waals surface area contributed by atoms with Crippen LogP contribution in [0.2, 0.25) is 0 Å². The second-order valence-electron chi connectivity index (χ2n) is 5.26. The van der Waals surface area contributed by atoms with Gasteiger partial charge in [-0.2, -0.15) is 10.4 Å². The molecule has 2 aromatic heterocycles. The van der Waals surface area contributed by atoms with Crippen molar-refractivity contribution in [1.29, 1.82) is 5.26 Å². The molecule has 2 aromatic rings. The van der Waals surface area contributed by atoms with Gasteiger partial charge in [0.05, 0.1) is 17.0 Å². The minimum Gasteiger partial charge on any atom is -0.311 e. The van der Waals surface area contributed by atoms with Crippen LogP contribution < -0.4 is 0 Å². The van der Waals surface area contributed by atoms with Gasteiger partial charge >= 0.3 is 0 Å². The second-order valence-corrected chi connectivity index (χ2v) is 6.22. The lowest BCUT2D eigenvalue weighted by Gasteiger charge is -2.08. The summed E-state index contributed by atoms with van der Waals surface area (Å²) in [6.07, 6.45) is 2.40.